The topological polar surface area (TPSA) is 84.9 Å². The van der Waals surface area contributed by atoms with Crippen molar-refractivity contribution in [3.05, 3.63) is 0 Å². The Labute approximate surface area is 182 Å². The molecule has 0 atom stereocenters. The molecule has 0 radical (unpaired) electrons. The number of hydrogen-bond acceptors (Lipinski definition) is 5. The molecule has 0 spiro atoms. The minimum Gasteiger partial charge on any atom is -0.379 e. The number of nitrogens with zero attached hydrogens (tertiary/aromatic N) is 1. The average Bonchev–Trinajstić information content (AvgIpc) is 2.71. The van der Waals surface area contributed by atoms with Gasteiger partial charge in [-0.05, 0) is 39.5 Å². The highest BCUT2D eigenvalue weighted by atomic mass is 16.5. The summed E-state index contributed by atoms with van der Waals surface area (Å²) in [6.07, 6.45) is 4.45. The maximum atomic E-state index is 12.1. The average molecular weight is 427 g/mol. The zero-order valence-corrected chi connectivity index (χ0v) is 19.6. The number of carbonyl (C=O) groups excluding carboxylic acids is 3. The van der Waals surface area contributed by atoms with Crippen molar-refractivity contribution in [2.24, 2.45) is 11.8 Å². The van der Waals surface area contributed by atoms with Crippen LogP contribution < -0.4 is 5.32 Å². The third kappa shape index (κ3) is 10.0. The smallest absolute Gasteiger partial charge is 0.225 e. The van der Waals surface area contributed by atoms with Gasteiger partial charge in [0.2, 0.25) is 11.8 Å². The molecule has 1 aliphatic rings. The van der Waals surface area contributed by atoms with E-state index in [2.05, 4.69) is 5.32 Å². The van der Waals surface area contributed by atoms with Gasteiger partial charge in [0, 0.05) is 43.3 Å². The van der Waals surface area contributed by atoms with E-state index in [0.29, 0.717) is 51.6 Å². The maximum absolute atomic E-state index is 12.1. The minimum absolute atomic E-state index is 0.000888. The zero-order chi connectivity index (χ0) is 22.5. The molecule has 1 saturated carbocycles. The van der Waals surface area contributed by atoms with Crippen molar-refractivity contribution in [1.29, 1.82) is 0 Å². The quantitative estimate of drug-likeness (QED) is 0.432. The van der Waals surface area contributed by atoms with Crippen LogP contribution in [0.4, 0.5) is 0 Å². The third-order valence-corrected chi connectivity index (χ3v) is 5.62. The lowest BCUT2D eigenvalue weighted by Crippen LogP contribution is -2.41. The van der Waals surface area contributed by atoms with E-state index in [0.717, 1.165) is 25.7 Å². The number of rotatable bonds is 14. The molecule has 30 heavy (non-hydrogen) atoms. The van der Waals surface area contributed by atoms with Crippen LogP contribution in [0.1, 0.15) is 73.1 Å². The Morgan fingerprint density at radius 3 is 2.07 bits per heavy atom. The summed E-state index contributed by atoms with van der Waals surface area (Å²) in [7, 11) is 0. The second kappa shape index (κ2) is 14.5. The van der Waals surface area contributed by atoms with Crippen molar-refractivity contribution in [3.8, 4) is 0 Å². The molecule has 0 aliphatic heterocycles. The number of carbonyl (C=O) groups is 3. The molecule has 7 nitrogen and oxygen atoms in total. The van der Waals surface area contributed by atoms with Gasteiger partial charge in [0.05, 0.1) is 26.4 Å². The van der Waals surface area contributed by atoms with Crippen molar-refractivity contribution >= 4 is 17.6 Å². The van der Waals surface area contributed by atoms with Crippen LogP contribution >= 0.6 is 0 Å². The Bertz CT molecular complexity index is 528. The van der Waals surface area contributed by atoms with E-state index >= 15 is 0 Å². The van der Waals surface area contributed by atoms with Crippen molar-refractivity contribution in [1.82, 2.24) is 10.2 Å². The Morgan fingerprint density at radius 1 is 0.933 bits per heavy atom. The molecular weight excluding hydrogens is 384 g/mol. The first-order valence-electron chi connectivity index (χ1n) is 11.5. The van der Waals surface area contributed by atoms with Gasteiger partial charge >= 0.3 is 0 Å². The van der Waals surface area contributed by atoms with E-state index in [9.17, 15) is 14.4 Å². The van der Waals surface area contributed by atoms with Crippen LogP contribution in [0.25, 0.3) is 0 Å². The molecule has 1 aliphatic carbocycles. The predicted molar refractivity (Wildman–Crippen MR) is 117 cm³/mol. The molecule has 1 fully saturated rings. The third-order valence-electron chi connectivity index (χ3n) is 5.62. The predicted octanol–water partition coefficient (Wildman–Crippen LogP) is 2.96. The van der Waals surface area contributed by atoms with Crippen LogP contribution in [-0.4, -0.2) is 67.6 Å². The normalized spacial score (nSPS) is 19.2. The van der Waals surface area contributed by atoms with E-state index in [-0.39, 0.29) is 35.7 Å². The molecule has 0 bridgehead atoms. The van der Waals surface area contributed by atoms with E-state index in [1.165, 1.54) is 0 Å². The second-order valence-corrected chi connectivity index (χ2v) is 8.69. The zero-order valence-electron chi connectivity index (χ0n) is 19.6. The highest BCUT2D eigenvalue weighted by molar-refractivity contribution is 5.81. The molecular formula is C23H42N2O5. The molecule has 0 heterocycles. The first-order valence-corrected chi connectivity index (χ1v) is 11.5. The van der Waals surface area contributed by atoms with Gasteiger partial charge in [-0.2, -0.15) is 0 Å². The molecule has 0 aromatic carbocycles. The number of amides is 2. The molecule has 1 rings (SSSR count). The fourth-order valence-electron chi connectivity index (χ4n) is 3.75. The second-order valence-electron chi connectivity index (χ2n) is 8.69. The monoisotopic (exact) mass is 426 g/mol. The van der Waals surface area contributed by atoms with Gasteiger partial charge in [0.15, 0.2) is 0 Å². The standard InChI is InChI=1S/C23H42N2O5/c1-6-21(26)19-7-9-20(10-8-19)24-22(27)11-13-29-15-16-30-14-12-25(18(4)5)23(28)17(2)3/h17-20H,6-16H2,1-5H3,(H,24,27). The van der Waals surface area contributed by atoms with Gasteiger partial charge in [0.25, 0.3) is 0 Å². The van der Waals surface area contributed by atoms with Crippen molar-refractivity contribution in [3.63, 3.8) is 0 Å². The fourth-order valence-corrected chi connectivity index (χ4v) is 3.75. The minimum atomic E-state index is -0.0178. The van der Waals surface area contributed by atoms with Gasteiger partial charge in [-0.25, -0.2) is 0 Å². The van der Waals surface area contributed by atoms with Crippen molar-refractivity contribution < 1.29 is 23.9 Å². The number of hydrogen-bond donors (Lipinski definition) is 1. The van der Waals surface area contributed by atoms with Crippen LogP contribution in [-0.2, 0) is 23.9 Å². The van der Waals surface area contributed by atoms with E-state index in [1.54, 1.807) is 0 Å². The Kier molecular flexibility index (Phi) is 12.9. The summed E-state index contributed by atoms with van der Waals surface area (Å²) in [5.74, 6) is 0.652. The highest BCUT2D eigenvalue weighted by Gasteiger charge is 2.25. The summed E-state index contributed by atoms with van der Waals surface area (Å²) >= 11 is 0. The maximum Gasteiger partial charge on any atom is 0.225 e. The molecule has 1 N–H and O–H groups in total. The molecule has 174 valence electrons. The van der Waals surface area contributed by atoms with Gasteiger partial charge in [-0.15, -0.1) is 0 Å². The SMILES string of the molecule is CCC(=O)C1CCC(NC(=O)CCOCCOCCN(C(=O)C(C)C)C(C)C)CC1. The largest absolute Gasteiger partial charge is 0.379 e. The molecule has 0 unspecified atom stereocenters. The van der Waals surface area contributed by atoms with Gasteiger partial charge in [0.1, 0.15) is 5.78 Å². The van der Waals surface area contributed by atoms with Crippen LogP contribution in [0.2, 0.25) is 0 Å². The lowest BCUT2D eigenvalue weighted by atomic mass is 9.83. The van der Waals surface area contributed by atoms with Gasteiger partial charge in [-0.3, -0.25) is 14.4 Å². The van der Waals surface area contributed by atoms with Gasteiger partial charge < -0.3 is 19.7 Å². The number of ether oxygens (including phenoxy) is 2. The molecule has 7 heteroatoms. The van der Waals surface area contributed by atoms with E-state index in [4.69, 9.17) is 9.47 Å². The number of nitrogens with one attached hydrogen (secondary N) is 1. The molecule has 2 amide bonds. The highest BCUT2D eigenvalue weighted by Crippen LogP contribution is 2.25. The van der Waals surface area contributed by atoms with Crippen molar-refractivity contribution in [2.45, 2.75) is 85.2 Å². The summed E-state index contributed by atoms with van der Waals surface area (Å²) in [5.41, 5.74) is 0. The lowest BCUT2D eigenvalue weighted by Gasteiger charge is -2.28. The Hall–Kier alpha value is -1.47. The molecule has 0 aromatic rings. The van der Waals surface area contributed by atoms with Crippen LogP contribution in [0.15, 0.2) is 0 Å². The Balaban J connectivity index is 2.05. The number of ketones is 1. The van der Waals surface area contributed by atoms with Gasteiger partial charge in [-0.1, -0.05) is 20.8 Å². The van der Waals surface area contributed by atoms with E-state index in [1.807, 2.05) is 39.5 Å². The first kappa shape index (κ1) is 26.6. The summed E-state index contributed by atoms with van der Waals surface area (Å²) in [6, 6.07) is 0.333. The summed E-state index contributed by atoms with van der Waals surface area (Å²) in [4.78, 5) is 37.8. The van der Waals surface area contributed by atoms with Crippen LogP contribution in [0.5, 0.6) is 0 Å². The van der Waals surface area contributed by atoms with Crippen LogP contribution in [0.3, 0.4) is 0 Å². The van der Waals surface area contributed by atoms with Crippen molar-refractivity contribution in [2.75, 3.05) is 33.0 Å². The summed E-state index contributed by atoms with van der Waals surface area (Å²) < 4.78 is 11.1. The fraction of sp³-hybridized carbons (Fsp3) is 0.870. The Morgan fingerprint density at radius 2 is 1.53 bits per heavy atom. The lowest BCUT2D eigenvalue weighted by molar-refractivity contribution is -0.137. The van der Waals surface area contributed by atoms with E-state index < -0.39 is 0 Å². The first-order chi connectivity index (χ1) is 14.3. The molecule has 0 aromatic heterocycles. The van der Waals surface area contributed by atoms with Crippen LogP contribution in [0, 0.1) is 11.8 Å². The summed E-state index contributed by atoms with van der Waals surface area (Å²) in [5, 5.41) is 3.05. The summed E-state index contributed by atoms with van der Waals surface area (Å²) in [6.45, 7) is 12.0. The number of Topliss-reactive ketones (excluding diaryl/α,β-unsaturated/α-hetero) is 1. The molecule has 0 saturated heterocycles.